The Kier molecular flexibility index (Phi) is 4.60. The van der Waals surface area contributed by atoms with Crippen molar-refractivity contribution >= 4 is 11.9 Å². The summed E-state index contributed by atoms with van der Waals surface area (Å²) in [7, 11) is 0. The van der Waals surface area contributed by atoms with Crippen LogP contribution in [-0.4, -0.2) is 35.0 Å². The van der Waals surface area contributed by atoms with Gasteiger partial charge in [-0.2, -0.15) is 0 Å². The third-order valence-electron chi connectivity index (χ3n) is 4.47. The van der Waals surface area contributed by atoms with Crippen LogP contribution in [0.5, 0.6) is 0 Å². The molecule has 1 aliphatic rings. The number of hydrogen-bond donors (Lipinski definition) is 1. The Morgan fingerprint density at radius 2 is 1.81 bits per heavy atom. The molecule has 0 unspecified atom stereocenters. The van der Waals surface area contributed by atoms with E-state index in [0.717, 1.165) is 5.56 Å². The minimum absolute atomic E-state index is 0.0308. The number of likely N-dealkylation sites (tertiary alicyclic amines) is 1. The molecule has 0 atom stereocenters. The van der Waals surface area contributed by atoms with E-state index in [-0.39, 0.29) is 18.1 Å². The smallest absolute Gasteiger partial charge is 0.309 e. The van der Waals surface area contributed by atoms with Gasteiger partial charge in [0.05, 0.1) is 11.8 Å². The first-order valence-electron chi connectivity index (χ1n) is 7.22. The molecule has 0 radical (unpaired) electrons. The normalized spacial score (nSPS) is 17.5. The van der Waals surface area contributed by atoms with Crippen LogP contribution in [0, 0.1) is 11.2 Å². The summed E-state index contributed by atoms with van der Waals surface area (Å²) in [6, 6.07) is 5.88. The predicted molar refractivity (Wildman–Crippen MR) is 76.3 cm³/mol. The Morgan fingerprint density at radius 3 is 2.29 bits per heavy atom. The maximum atomic E-state index is 12.8. The minimum Gasteiger partial charge on any atom is -0.481 e. The summed E-state index contributed by atoms with van der Waals surface area (Å²) < 4.78 is 12.8. The third-order valence-corrected chi connectivity index (χ3v) is 4.47. The lowest BCUT2D eigenvalue weighted by atomic mass is 9.76. The first-order valence-corrected chi connectivity index (χ1v) is 7.22. The topological polar surface area (TPSA) is 57.6 Å². The number of benzene rings is 1. The van der Waals surface area contributed by atoms with Crippen LogP contribution in [0.4, 0.5) is 4.39 Å². The number of carbonyl (C=O) groups excluding carboxylic acids is 1. The molecule has 5 heteroatoms. The molecule has 114 valence electrons. The van der Waals surface area contributed by atoms with Crippen molar-refractivity contribution in [3.8, 4) is 0 Å². The largest absolute Gasteiger partial charge is 0.481 e. The number of amides is 1. The number of rotatable bonds is 4. The molecule has 0 aromatic heterocycles. The third kappa shape index (κ3) is 3.40. The molecule has 4 nitrogen and oxygen atoms in total. The van der Waals surface area contributed by atoms with E-state index in [4.69, 9.17) is 0 Å². The van der Waals surface area contributed by atoms with Crippen LogP contribution in [0.25, 0.3) is 0 Å². The highest BCUT2D eigenvalue weighted by Crippen LogP contribution is 2.35. The fourth-order valence-corrected chi connectivity index (χ4v) is 2.79. The number of piperidine rings is 1. The molecule has 1 heterocycles. The van der Waals surface area contributed by atoms with Crippen molar-refractivity contribution in [1.29, 1.82) is 0 Å². The minimum atomic E-state index is -0.768. The van der Waals surface area contributed by atoms with Crippen LogP contribution in [0.3, 0.4) is 0 Å². The molecule has 1 fully saturated rings. The first-order chi connectivity index (χ1) is 9.97. The summed E-state index contributed by atoms with van der Waals surface area (Å²) in [6.45, 7) is 2.82. The highest BCUT2D eigenvalue weighted by Gasteiger charge is 2.40. The van der Waals surface area contributed by atoms with E-state index in [1.54, 1.807) is 17.0 Å². The molecule has 1 amide bonds. The Bertz CT molecular complexity index is 519. The molecule has 0 bridgehead atoms. The van der Waals surface area contributed by atoms with Crippen molar-refractivity contribution in [3.05, 3.63) is 35.6 Å². The van der Waals surface area contributed by atoms with Crippen LogP contribution in [0.1, 0.15) is 31.7 Å². The summed E-state index contributed by atoms with van der Waals surface area (Å²) in [4.78, 5) is 25.3. The van der Waals surface area contributed by atoms with Crippen molar-refractivity contribution in [1.82, 2.24) is 4.90 Å². The molecule has 1 N–H and O–H groups in total. The number of halogens is 1. The first kappa shape index (κ1) is 15.5. The van der Waals surface area contributed by atoms with Gasteiger partial charge in [-0.1, -0.05) is 19.1 Å². The van der Waals surface area contributed by atoms with Crippen LogP contribution in [-0.2, 0) is 16.0 Å². The lowest BCUT2D eigenvalue weighted by Gasteiger charge is -2.38. The summed E-state index contributed by atoms with van der Waals surface area (Å²) >= 11 is 0. The zero-order chi connectivity index (χ0) is 15.5. The van der Waals surface area contributed by atoms with Gasteiger partial charge in [0.15, 0.2) is 0 Å². The molecule has 1 aromatic rings. The molecule has 0 aliphatic carbocycles. The molecule has 0 spiro atoms. The molecular formula is C16H20FNO3. The van der Waals surface area contributed by atoms with Gasteiger partial charge in [0.2, 0.25) is 5.91 Å². The molecule has 0 saturated carbocycles. The number of carboxylic acids is 1. The van der Waals surface area contributed by atoms with E-state index in [0.29, 0.717) is 32.4 Å². The van der Waals surface area contributed by atoms with Gasteiger partial charge in [-0.05, 0) is 37.0 Å². The van der Waals surface area contributed by atoms with Crippen LogP contribution < -0.4 is 0 Å². The summed E-state index contributed by atoms with van der Waals surface area (Å²) in [5.41, 5.74) is 0.0825. The van der Waals surface area contributed by atoms with E-state index < -0.39 is 11.4 Å². The maximum absolute atomic E-state index is 12.8. The van der Waals surface area contributed by atoms with E-state index in [2.05, 4.69) is 0 Å². The Hall–Kier alpha value is -1.91. The second-order valence-corrected chi connectivity index (χ2v) is 5.62. The zero-order valence-corrected chi connectivity index (χ0v) is 12.1. The quantitative estimate of drug-likeness (QED) is 0.927. The monoisotopic (exact) mass is 293 g/mol. The van der Waals surface area contributed by atoms with Crippen LogP contribution in [0.15, 0.2) is 24.3 Å². The molecule has 21 heavy (non-hydrogen) atoms. The van der Waals surface area contributed by atoms with Crippen LogP contribution in [0.2, 0.25) is 0 Å². The molecular weight excluding hydrogens is 273 g/mol. The highest BCUT2D eigenvalue weighted by molar-refractivity contribution is 5.80. The second kappa shape index (κ2) is 6.24. The van der Waals surface area contributed by atoms with E-state index in [1.165, 1.54) is 12.1 Å². The fraction of sp³-hybridized carbons (Fsp3) is 0.500. The van der Waals surface area contributed by atoms with Gasteiger partial charge in [0.25, 0.3) is 0 Å². The van der Waals surface area contributed by atoms with Gasteiger partial charge >= 0.3 is 5.97 Å². The van der Waals surface area contributed by atoms with Crippen molar-refractivity contribution in [2.45, 2.75) is 32.6 Å². The SMILES string of the molecule is CCC1(C(=O)O)CCN(C(=O)Cc2ccc(F)cc2)CC1. The highest BCUT2D eigenvalue weighted by atomic mass is 19.1. The van der Waals surface area contributed by atoms with E-state index in [9.17, 15) is 19.1 Å². The lowest BCUT2D eigenvalue weighted by Crippen LogP contribution is -2.46. The second-order valence-electron chi connectivity index (χ2n) is 5.62. The average molecular weight is 293 g/mol. The number of nitrogens with zero attached hydrogens (tertiary/aromatic N) is 1. The average Bonchev–Trinajstić information content (AvgIpc) is 2.49. The molecule has 1 aromatic carbocycles. The molecule has 2 rings (SSSR count). The maximum Gasteiger partial charge on any atom is 0.309 e. The lowest BCUT2D eigenvalue weighted by molar-refractivity contribution is -0.154. The van der Waals surface area contributed by atoms with Gasteiger partial charge in [-0.25, -0.2) is 4.39 Å². The van der Waals surface area contributed by atoms with Gasteiger partial charge in [-0.15, -0.1) is 0 Å². The standard InChI is InChI=1S/C16H20FNO3/c1-2-16(15(20)21)7-9-18(10-8-16)14(19)11-12-3-5-13(17)6-4-12/h3-6H,2,7-11H2,1H3,(H,20,21). The summed E-state index contributed by atoms with van der Waals surface area (Å²) in [5, 5.41) is 9.34. The van der Waals surface area contributed by atoms with Crippen molar-refractivity contribution in [3.63, 3.8) is 0 Å². The summed E-state index contributed by atoms with van der Waals surface area (Å²) in [6.07, 6.45) is 1.80. The fourth-order valence-electron chi connectivity index (χ4n) is 2.79. The number of carboxylic acid groups (broad SMARTS) is 1. The number of aliphatic carboxylic acids is 1. The zero-order valence-electron chi connectivity index (χ0n) is 12.1. The Morgan fingerprint density at radius 1 is 1.24 bits per heavy atom. The number of hydrogen-bond acceptors (Lipinski definition) is 2. The van der Waals surface area contributed by atoms with Crippen LogP contribution >= 0.6 is 0 Å². The van der Waals surface area contributed by atoms with Gasteiger partial charge in [0, 0.05) is 13.1 Å². The number of carbonyl (C=O) groups is 2. The van der Waals surface area contributed by atoms with Crippen molar-refractivity contribution in [2.75, 3.05) is 13.1 Å². The van der Waals surface area contributed by atoms with Crippen molar-refractivity contribution < 1.29 is 19.1 Å². The Balaban J connectivity index is 1.94. The van der Waals surface area contributed by atoms with E-state index in [1.807, 2.05) is 6.92 Å². The molecule has 1 saturated heterocycles. The Labute approximate surface area is 123 Å². The van der Waals surface area contributed by atoms with Gasteiger partial charge in [0.1, 0.15) is 5.82 Å². The van der Waals surface area contributed by atoms with E-state index >= 15 is 0 Å². The van der Waals surface area contributed by atoms with Gasteiger partial charge in [-0.3, -0.25) is 9.59 Å². The predicted octanol–water partition coefficient (Wildman–Crippen LogP) is 2.47. The van der Waals surface area contributed by atoms with Gasteiger partial charge < -0.3 is 10.0 Å². The van der Waals surface area contributed by atoms with Crippen molar-refractivity contribution in [2.24, 2.45) is 5.41 Å². The molecule has 1 aliphatic heterocycles. The summed E-state index contributed by atoms with van der Waals surface area (Å²) in [5.74, 6) is -1.12.